The molecular formula is C18H19NO4. The highest BCUT2D eigenvalue weighted by atomic mass is 16.5. The van der Waals surface area contributed by atoms with E-state index < -0.39 is 5.97 Å². The van der Waals surface area contributed by atoms with Crippen LogP contribution in [0.2, 0.25) is 0 Å². The first kappa shape index (κ1) is 16.5. The Balaban J connectivity index is 1.75. The van der Waals surface area contributed by atoms with Gasteiger partial charge in [-0.1, -0.05) is 42.5 Å². The molecule has 0 saturated heterocycles. The summed E-state index contributed by atoms with van der Waals surface area (Å²) in [7, 11) is 0. The van der Waals surface area contributed by atoms with Crippen molar-refractivity contribution in [3.05, 3.63) is 65.7 Å². The molecule has 0 aliphatic rings. The number of ether oxygens (including phenoxy) is 1. The van der Waals surface area contributed by atoms with Gasteiger partial charge in [-0.3, -0.25) is 9.59 Å². The smallest absolute Gasteiger partial charge is 0.310 e. The number of carbonyl (C=O) groups is 2. The highest BCUT2D eigenvalue weighted by Crippen LogP contribution is 2.11. The van der Waals surface area contributed by atoms with Crippen LogP contribution >= 0.6 is 0 Å². The Morgan fingerprint density at radius 3 is 2.39 bits per heavy atom. The van der Waals surface area contributed by atoms with E-state index in [2.05, 4.69) is 5.32 Å². The van der Waals surface area contributed by atoms with Crippen LogP contribution in [0.3, 0.4) is 0 Å². The molecule has 2 aromatic rings. The van der Waals surface area contributed by atoms with Gasteiger partial charge in [0.05, 0.1) is 12.5 Å². The van der Waals surface area contributed by atoms with Crippen molar-refractivity contribution in [3.8, 4) is 5.75 Å². The third-order valence-corrected chi connectivity index (χ3v) is 3.33. The lowest BCUT2D eigenvalue weighted by Crippen LogP contribution is -2.31. The molecule has 0 spiro atoms. The summed E-state index contributed by atoms with van der Waals surface area (Å²) in [6.45, 7) is 1.56. The van der Waals surface area contributed by atoms with Crippen molar-refractivity contribution < 1.29 is 19.4 Å². The maximum atomic E-state index is 11.8. The van der Waals surface area contributed by atoms with E-state index in [-0.39, 0.29) is 30.7 Å². The van der Waals surface area contributed by atoms with Crippen molar-refractivity contribution in [2.24, 2.45) is 0 Å². The predicted octanol–water partition coefficient (Wildman–Crippen LogP) is 2.36. The number of phenolic OH excluding ortho intramolecular Hbond substituents is 1. The van der Waals surface area contributed by atoms with Gasteiger partial charge in [-0.15, -0.1) is 0 Å². The number of phenols is 1. The van der Waals surface area contributed by atoms with Gasteiger partial charge in [0.25, 0.3) is 5.91 Å². The summed E-state index contributed by atoms with van der Waals surface area (Å²) >= 11 is 0. The van der Waals surface area contributed by atoms with Crippen LogP contribution in [0.25, 0.3) is 0 Å². The standard InChI is InChI=1S/C18H19NO4/c1-13(15-5-3-2-4-6-15)19-17(21)12-23-18(22)11-14-7-9-16(20)10-8-14/h2-10,13,20H,11-12H2,1H3,(H,19,21)/t13-/m1/s1. The Hall–Kier alpha value is -2.82. The van der Waals surface area contributed by atoms with Crippen LogP contribution in [0, 0.1) is 0 Å². The molecule has 23 heavy (non-hydrogen) atoms. The number of carbonyl (C=O) groups excluding carboxylic acids is 2. The summed E-state index contributed by atoms with van der Waals surface area (Å²) in [4.78, 5) is 23.5. The Morgan fingerprint density at radius 2 is 1.74 bits per heavy atom. The molecule has 0 heterocycles. The molecule has 1 amide bonds. The van der Waals surface area contributed by atoms with E-state index in [1.54, 1.807) is 12.1 Å². The Kier molecular flexibility index (Phi) is 5.74. The van der Waals surface area contributed by atoms with Crippen molar-refractivity contribution in [1.82, 2.24) is 5.32 Å². The molecule has 0 radical (unpaired) electrons. The Bertz CT molecular complexity index is 652. The molecule has 0 aliphatic heterocycles. The summed E-state index contributed by atoms with van der Waals surface area (Å²) < 4.78 is 4.96. The minimum atomic E-state index is -0.488. The molecule has 5 heteroatoms. The fourth-order valence-corrected chi connectivity index (χ4v) is 2.09. The average molecular weight is 313 g/mol. The predicted molar refractivity (Wildman–Crippen MR) is 85.8 cm³/mol. The molecule has 120 valence electrons. The lowest BCUT2D eigenvalue weighted by molar-refractivity contribution is -0.148. The zero-order chi connectivity index (χ0) is 16.7. The van der Waals surface area contributed by atoms with Crippen molar-refractivity contribution in [1.29, 1.82) is 0 Å². The molecule has 0 aromatic heterocycles. The van der Waals surface area contributed by atoms with Crippen LogP contribution in [-0.2, 0) is 20.7 Å². The van der Waals surface area contributed by atoms with Crippen LogP contribution in [0.1, 0.15) is 24.1 Å². The fourth-order valence-electron chi connectivity index (χ4n) is 2.09. The normalized spacial score (nSPS) is 11.5. The third kappa shape index (κ3) is 5.47. The number of amides is 1. The molecule has 0 saturated carbocycles. The number of hydrogen-bond donors (Lipinski definition) is 2. The minimum absolute atomic E-state index is 0.0573. The number of hydrogen-bond acceptors (Lipinski definition) is 4. The average Bonchev–Trinajstić information content (AvgIpc) is 2.56. The lowest BCUT2D eigenvalue weighted by Gasteiger charge is -2.14. The van der Waals surface area contributed by atoms with Crippen molar-refractivity contribution >= 4 is 11.9 Å². The SMILES string of the molecule is C[C@@H](NC(=O)COC(=O)Cc1ccc(O)cc1)c1ccccc1. The van der Waals surface area contributed by atoms with Gasteiger partial charge in [0.15, 0.2) is 6.61 Å². The van der Waals surface area contributed by atoms with Crippen LogP contribution in [0.15, 0.2) is 54.6 Å². The maximum absolute atomic E-state index is 11.8. The molecular weight excluding hydrogens is 294 g/mol. The molecule has 2 aromatic carbocycles. The van der Waals surface area contributed by atoms with Gasteiger partial charge in [0.1, 0.15) is 5.75 Å². The summed E-state index contributed by atoms with van der Waals surface area (Å²) in [5.41, 5.74) is 1.70. The van der Waals surface area contributed by atoms with E-state index in [4.69, 9.17) is 4.74 Å². The quantitative estimate of drug-likeness (QED) is 0.803. The first-order chi connectivity index (χ1) is 11.0. The van der Waals surface area contributed by atoms with Gasteiger partial charge >= 0.3 is 5.97 Å². The topological polar surface area (TPSA) is 75.6 Å². The van der Waals surface area contributed by atoms with Crippen molar-refractivity contribution in [3.63, 3.8) is 0 Å². The second kappa shape index (κ2) is 7.98. The van der Waals surface area contributed by atoms with Gasteiger partial charge in [-0.05, 0) is 30.2 Å². The summed E-state index contributed by atoms with van der Waals surface area (Å²) in [6, 6.07) is 15.6. The van der Waals surface area contributed by atoms with Crippen LogP contribution in [0.4, 0.5) is 0 Å². The van der Waals surface area contributed by atoms with Gasteiger partial charge in [-0.25, -0.2) is 0 Å². The molecule has 1 atom stereocenters. The number of nitrogens with one attached hydrogen (secondary N) is 1. The summed E-state index contributed by atoms with van der Waals surface area (Å²) in [5.74, 6) is -0.699. The van der Waals surface area contributed by atoms with Crippen molar-refractivity contribution in [2.75, 3.05) is 6.61 Å². The van der Waals surface area contributed by atoms with Crippen LogP contribution < -0.4 is 5.32 Å². The highest BCUT2D eigenvalue weighted by Gasteiger charge is 2.12. The third-order valence-electron chi connectivity index (χ3n) is 3.33. The van der Waals surface area contributed by atoms with E-state index in [9.17, 15) is 14.7 Å². The minimum Gasteiger partial charge on any atom is -0.508 e. The zero-order valence-electron chi connectivity index (χ0n) is 12.9. The molecule has 2 N–H and O–H groups in total. The van der Waals surface area contributed by atoms with E-state index in [1.165, 1.54) is 12.1 Å². The second-order valence-corrected chi connectivity index (χ2v) is 5.20. The highest BCUT2D eigenvalue weighted by molar-refractivity contribution is 5.81. The number of esters is 1. The Morgan fingerprint density at radius 1 is 1.09 bits per heavy atom. The number of rotatable bonds is 6. The largest absolute Gasteiger partial charge is 0.508 e. The summed E-state index contributed by atoms with van der Waals surface area (Å²) in [6.07, 6.45) is 0.0573. The zero-order valence-corrected chi connectivity index (χ0v) is 12.9. The van der Waals surface area contributed by atoms with Crippen molar-refractivity contribution in [2.45, 2.75) is 19.4 Å². The van der Waals surface area contributed by atoms with Gasteiger partial charge in [0.2, 0.25) is 0 Å². The maximum Gasteiger partial charge on any atom is 0.310 e. The number of benzene rings is 2. The van der Waals surface area contributed by atoms with E-state index in [0.717, 1.165) is 5.56 Å². The molecule has 0 bridgehead atoms. The second-order valence-electron chi connectivity index (χ2n) is 5.20. The lowest BCUT2D eigenvalue weighted by atomic mass is 10.1. The Labute approximate surface area is 134 Å². The molecule has 0 unspecified atom stereocenters. The van der Waals surface area contributed by atoms with Gasteiger partial charge in [-0.2, -0.15) is 0 Å². The fraction of sp³-hybridized carbons (Fsp3) is 0.222. The van der Waals surface area contributed by atoms with E-state index in [1.807, 2.05) is 37.3 Å². The molecule has 0 aliphatic carbocycles. The van der Waals surface area contributed by atoms with Crippen LogP contribution in [-0.4, -0.2) is 23.6 Å². The van der Waals surface area contributed by atoms with Crippen LogP contribution in [0.5, 0.6) is 5.75 Å². The first-order valence-electron chi connectivity index (χ1n) is 7.32. The number of aromatic hydroxyl groups is 1. The van der Waals surface area contributed by atoms with E-state index >= 15 is 0 Å². The molecule has 5 nitrogen and oxygen atoms in total. The first-order valence-corrected chi connectivity index (χ1v) is 7.32. The monoisotopic (exact) mass is 313 g/mol. The van der Waals surface area contributed by atoms with Gasteiger partial charge in [0, 0.05) is 0 Å². The molecule has 0 fully saturated rings. The van der Waals surface area contributed by atoms with E-state index in [0.29, 0.717) is 5.56 Å². The molecule has 2 rings (SSSR count). The summed E-state index contributed by atoms with van der Waals surface area (Å²) in [5, 5.41) is 11.9. The van der Waals surface area contributed by atoms with Gasteiger partial charge < -0.3 is 15.2 Å².